The van der Waals surface area contributed by atoms with Crippen molar-refractivity contribution in [3.8, 4) is 11.3 Å². The molecule has 2 heterocycles. The number of furan rings is 1. The fourth-order valence-electron chi connectivity index (χ4n) is 1.20. The van der Waals surface area contributed by atoms with Crippen molar-refractivity contribution in [1.82, 2.24) is 4.98 Å². The lowest BCUT2D eigenvalue weighted by molar-refractivity contribution is 0.568. The first-order valence-corrected chi connectivity index (χ1v) is 4.56. The molecule has 3 nitrogen and oxygen atoms in total. The Labute approximate surface area is 86.5 Å². The largest absolute Gasteiger partial charge is 0.472 e. The lowest BCUT2D eigenvalue weighted by Crippen LogP contribution is -1.97. The van der Waals surface area contributed by atoms with Gasteiger partial charge in [0.2, 0.25) is 0 Å². The Kier molecular flexibility index (Phi) is 2.52. The first-order valence-electron chi connectivity index (χ1n) is 4.18. The van der Waals surface area contributed by atoms with Crippen LogP contribution in [0.2, 0.25) is 5.02 Å². The zero-order chi connectivity index (χ0) is 9.97. The summed E-state index contributed by atoms with van der Waals surface area (Å²) in [6.07, 6.45) is 4.91. The standard InChI is InChI=1S/C10H9ClN2O/c11-9-3-7(4-12)5-13-10(9)8-1-2-14-6-8/h1-3,5-6H,4,12H2. The van der Waals surface area contributed by atoms with E-state index in [2.05, 4.69) is 4.98 Å². The van der Waals surface area contributed by atoms with Crippen molar-refractivity contribution in [3.05, 3.63) is 41.4 Å². The molecule has 0 saturated heterocycles. The van der Waals surface area contributed by atoms with Gasteiger partial charge in [-0.15, -0.1) is 0 Å². The van der Waals surface area contributed by atoms with Crippen LogP contribution in [0, 0.1) is 0 Å². The van der Waals surface area contributed by atoms with Crippen LogP contribution >= 0.6 is 11.6 Å². The number of aromatic nitrogens is 1. The Balaban J connectivity index is 2.46. The molecule has 2 rings (SSSR count). The first-order chi connectivity index (χ1) is 6.81. The van der Waals surface area contributed by atoms with E-state index in [-0.39, 0.29) is 0 Å². The molecule has 0 fully saturated rings. The summed E-state index contributed by atoms with van der Waals surface area (Å²) in [5, 5.41) is 0.592. The maximum absolute atomic E-state index is 6.04. The Morgan fingerprint density at radius 2 is 2.36 bits per heavy atom. The van der Waals surface area contributed by atoms with E-state index in [9.17, 15) is 0 Å². The second-order valence-corrected chi connectivity index (χ2v) is 3.30. The highest BCUT2D eigenvalue weighted by atomic mass is 35.5. The zero-order valence-corrected chi connectivity index (χ0v) is 8.16. The molecule has 2 N–H and O–H groups in total. The number of nitrogens with zero attached hydrogens (tertiary/aromatic N) is 1. The Hall–Kier alpha value is -1.32. The fourth-order valence-corrected chi connectivity index (χ4v) is 1.50. The lowest BCUT2D eigenvalue weighted by Gasteiger charge is -2.02. The van der Waals surface area contributed by atoms with Crippen LogP contribution in [-0.2, 0) is 6.54 Å². The second kappa shape index (κ2) is 3.82. The van der Waals surface area contributed by atoms with Gasteiger partial charge < -0.3 is 10.2 Å². The second-order valence-electron chi connectivity index (χ2n) is 2.89. The van der Waals surface area contributed by atoms with Crippen molar-refractivity contribution < 1.29 is 4.42 Å². The third-order valence-electron chi connectivity index (χ3n) is 1.93. The van der Waals surface area contributed by atoms with Crippen LogP contribution in [0.3, 0.4) is 0 Å². The molecule has 0 amide bonds. The van der Waals surface area contributed by atoms with E-state index in [4.69, 9.17) is 21.8 Å². The van der Waals surface area contributed by atoms with E-state index in [1.807, 2.05) is 12.1 Å². The third kappa shape index (κ3) is 1.64. The number of halogens is 1. The number of hydrogen-bond acceptors (Lipinski definition) is 3. The molecule has 0 spiro atoms. The van der Waals surface area contributed by atoms with Crippen LogP contribution < -0.4 is 5.73 Å². The average molecular weight is 209 g/mol. The van der Waals surface area contributed by atoms with Gasteiger partial charge in [0.25, 0.3) is 0 Å². The molecule has 0 atom stereocenters. The van der Waals surface area contributed by atoms with Gasteiger partial charge in [0.15, 0.2) is 0 Å². The van der Waals surface area contributed by atoms with Gasteiger partial charge >= 0.3 is 0 Å². The molecule has 0 unspecified atom stereocenters. The highest BCUT2D eigenvalue weighted by molar-refractivity contribution is 6.33. The fraction of sp³-hybridized carbons (Fsp3) is 0.100. The molecule has 0 radical (unpaired) electrons. The minimum atomic E-state index is 0.443. The minimum Gasteiger partial charge on any atom is -0.472 e. The Morgan fingerprint density at radius 3 is 2.93 bits per heavy atom. The minimum absolute atomic E-state index is 0.443. The smallest absolute Gasteiger partial charge is 0.0997 e. The number of pyridine rings is 1. The van der Waals surface area contributed by atoms with Crippen molar-refractivity contribution >= 4 is 11.6 Å². The average Bonchev–Trinajstić information content (AvgIpc) is 2.70. The predicted octanol–water partition coefficient (Wildman–Crippen LogP) is 2.45. The Bertz CT molecular complexity index is 426. The summed E-state index contributed by atoms with van der Waals surface area (Å²) < 4.78 is 4.96. The van der Waals surface area contributed by atoms with Crippen molar-refractivity contribution in [2.75, 3.05) is 0 Å². The molecule has 0 aliphatic heterocycles. The highest BCUT2D eigenvalue weighted by Gasteiger charge is 2.06. The zero-order valence-electron chi connectivity index (χ0n) is 7.40. The van der Waals surface area contributed by atoms with E-state index in [0.717, 1.165) is 16.8 Å². The molecule has 72 valence electrons. The van der Waals surface area contributed by atoms with Gasteiger partial charge in [-0.3, -0.25) is 4.98 Å². The predicted molar refractivity (Wildman–Crippen MR) is 54.8 cm³/mol. The van der Waals surface area contributed by atoms with Gasteiger partial charge in [0, 0.05) is 18.3 Å². The molecule has 14 heavy (non-hydrogen) atoms. The highest BCUT2D eigenvalue weighted by Crippen LogP contribution is 2.26. The summed E-state index contributed by atoms with van der Waals surface area (Å²) in [5.41, 5.74) is 7.98. The molecule has 2 aromatic heterocycles. The van der Waals surface area contributed by atoms with Crippen molar-refractivity contribution in [3.63, 3.8) is 0 Å². The molecule has 0 aliphatic carbocycles. The van der Waals surface area contributed by atoms with Gasteiger partial charge in [-0.1, -0.05) is 11.6 Å². The summed E-state index contributed by atoms with van der Waals surface area (Å²) in [4.78, 5) is 4.22. The van der Waals surface area contributed by atoms with E-state index in [1.54, 1.807) is 18.7 Å². The molecular formula is C10H9ClN2O. The number of hydrogen-bond donors (Lipinski definition) is 1. The summed E-state index contributed by atoms with van der Waals surface area (Å²) in [5.74, 6) is 0. The maximum Gasteiger partial charge on any atom is 0.0997 e. The van der Waals surface area contributed by atoms with Crippen molar-refractivity contribution in [1.29, 1.82) is 0 Å². The molecule has 0 saturated carbocycles. The summed E-state index contributed by atoms with van der Waals surface area (Å²) in [6, 6.07) is 3.63. The van der Waals surface area contributed by atoms with Gasteiger partial charge in [0.1, 0.15) is 0 Å². The molecule has 0 bridgehead atoms. The van der Waals surface area contributed by atoms with Gasteiger partial charge in [-0.05, 0) is 17.7 Å². The van der Waals surface area contributed by atoms with Crippen LogP contribution in [0.25, 0.3) is 11.3 Å². The first kappa shape index (κ1) is 9.24. The quantitative estimate of drug-likeness (QED) is 0.825. The van der Waals surface area contributed by atoms with E-state index in [0.29, 0.717) is 11.6 Å². The van der Waals surface area contributed by atoms with Crippen LogP contribution in [0.4, 0.5) is 0 Å². The lowest BCUT2D eigenvalue weighted by atomic mass is 10.2. The molecule has 0 aliphatic rings. The van der Waals surface area contributed by atoms with Gasteiger partial charge in [-0.25, -0.2) is 0 Å². The van der Waals surface area contributed by atoms with E-state index in [1.165, 1.54) is 0 Å². The van der Waals surface area contributed by atoms with Crippen molar-refractivity contribution in [2.45, 2.75) is 6.54 Å². The molecular weight excluding hydrogens is 200 g/mol. The summed E-state index contributed by atoms with van der Waals surface area (Å²) in [7, 11) is 0. The topological polar surface area (TPSA) is 52.0 Å². The van der Waals surface area contributed by atoms with Gasteiger partial charge in [0.05, 0.1) is 23.2 Å². The third-order valence-corrected chi connectivity index (χ3v) is 2.22. The van der Waals surface area contributed by atoms with E-state index < -0.39 is 0 Å². The monoisotopic (exact) mass is 208 g/mol. The van der Waals surface area contributed by atoms with Crippen LogP contribution in [-0.4, -0.2) is 4.98 Å². The van der Waals surface area contributed by atoms with Gasteiger partial charge in [-0.2, -0.15) is 0 Å². The molecule has 2 aromatic rings. The van der Waals surface area contributed by atoms with Crippen molar-refractivity contribution in [2.24, 2.45) is 5.73 Å². The molecule has 4 heteroatoms. The van der Waals surface area contributed by atoms with E-state index >= 15 is 0 Å². The Morgan fingerprint density at radius 1 is 1.50 bits per heavy atom. The number of nitrogens with two attached hydrogens (primary N) is 1. The van der Waals surface area contributed by atoms with Crippen LogP contribution in [0.1, 0.15) is 5.56 Å². The van der Waals surface area contributed by atoms with Crippen LogP contribution in [0.5, 0.6) is 0 Å². The summed E-state index contributed by atoms with van der Waals surface area (Å²) in [6.45, 7) is 0.443. The normalized spacial score (nSPS) is 10.4. The maximum atomic E-state index is 6.04. The molecule has 0 aromatic carbocycles. The summed E-state index contributed by atoms with van der Waals surface area (Å²) >= 11 is 6.04. The SMILES string of the molecule is NCc1cnc(-c2ccoc2)c(Cl)c1. The van der Waals surface area contributed by atoms with Crippen LogP contribution in [0.15, 0.2) is 35.3 Å². The number of rotatable bonds is 2.